The third-order valence-electron chi connectivity index (χ3n) is 5.08. The number of anilines is 1. The van der Waals surface area contributed by atoms with Gasteiger partial charge < -0.3 is 15.3 Å². The summed E-state index contributed by atoms with van der Waals surface area (Å²) in [5.74, 6) is -0.438. The molecule has 1 heterocycles. The molecule has 1 amide bonds. The van der Waals surface area contributed by atoms with Gasteiger partial charge in [0.2, 0.25) is 5.91 Å². The summed E-state index contributed by atoms with van der Waals surface area (Å²) in [4.78, 5) is 16.6. The van der Waals surface area contributed by atoms with E-state index in [1.54, 1.807) is 12.1 Å². The second-order valence-electron chi connectivity index (χ2n) is 6.75. The van der Waals surface area contributed by atoms with Crippen molar-refractivity contribution in [2.45, 2.75) is 37.8 Å². The Kier molecular flexibility index (Phi) is 5.81. The number of carbonyl (C=O) groups is 1. The van der Waals surface area contributed by atoms with Crippen molar-refractivity contribution in [2.24, 2.45) is 0 Å². The van der Waals surface area contributed by atoms with Gasteiger partial charge in [-0.3, -0.25) is 9.69 Å². The van der Waals surface area contributed by atoms with Gasteiger partial charge in [0.1, 0.15) is 5.82 Å². The Morgan fingerprint density at radius 1 is 1.25 bits per heavy atom. The zero-order valence-corrected chi connectivity index (χ0v) is 14.0. The van der Waals surface area contributed by atoms with Gasteiger partial charge in [-0.05, 0) is 37.5 Å². The highest BCUT2D eigenvalue weighted by atomic mass is 19.1. The van der Waals surface area contributed by atoms with Crippen LogP contribution >= 0.6 is 0 Å². The van der Waals surface area contributed by atoms with E-state index in [2.05, 4.69) is 15.1 Å². The fraction of sp³-hybridized carbons (Fsp3) is 0.611. The summed E-state index contributed by atoms with van der Waals surface area (Å²) in [6.07, 6.45) is 3.37. The number of hydrogen-bond acceptors (Lipinski definition) is 4. The molecule has 132 valence electrons. The summed E-state index contributed by atoms with van der Waals surface area (Å²) in [6.45, 7) is 4.47. The Balaban J connectivity index is 1.38. The first-order chi connectivity index (χ1) is 11.6. The second kappa shape index (κ2) is 8.05. The van der Waals surface area contributed by atoms with Crippen LogP contribution in [0.2, 0.25) is 0 Å². The molecule has 0 aromatic heterocycles. The number of amides is 1. The van der Waals surface area contributed by atoms with Gasteiger partial charge in [0.25, 0.3) is 0 Å². The lowest BCUT2D eigenvalue weighted by molar-refractivity contribution is -0.116. The monoisotopic (exact) mass is 335 g/mol. The molecule has 0 unspecified atom stereocenters. The smallest absolute Gasteiger partial charge is 0.225 e. The molecule has 0 spiro atoms. The summed E-state index contributed by atoms with van der Waals surface area (Å²) < 4.78 is 13.1. The first-order valence-corrected chi connectivity index (χ1v) is 8.82. The minimum Gasteiger partial charge on any atom is -0.391 e. The average molecular weight is 335 g/mol. The predicted octanol–water partition coefficient (Wildman–Crippen LogP) is 1.69. The minimum atomic E-state index is -0.349. The maximum atomic E-state index is 13.1. The molecule has 1 saturated carbocycles. The number of nitrogens with one attached hydrogen (secondary N) is 1. The van der Waals surface area contributed by atoms with Crippen LogP contribution in [0.25, 0.3) is 0 Å². The fourth-order valence-corrected chi connectivity index (χ4v) is 3.71. The minimum absolute atomic E-state index is 0.0887. The third kappa shape index (κ3) is 4.53. The number of benzene rings is 1. The maximum Gasteiger partial charge on any atom is 0.225 e. The van der Waals surface area contributed by atoms with E-state index in [1.807, 2.05) is 0 Å². The van der Waals surface area contributed by atoms with Crippen LogP contribution < -0.4 is 5.32 Å². The SMILES string of the molecule is O=C(CCN1CCN([C@@H]2CCC[C@@H]2O)CC1)Nc1cccc(F)c1. The van der Waals surface area contributed by atoms with E-state index < -0.39 is 0 Å². The molecule has 2 fully saturated rings. The maximum absolute atomic E-state index is 13.1. The summed E-state index contributed by atoms with van der Waals surface area (Å²) in [7, 11) is 0. The van der Waals surface area contributed by atoms with Crippen molar-refractivity contribution in [1.82, 2.24) is 9.80 Å². The van der Waals surface area contributed by atoms with Gasteiger partial charge in [0, 0.05) is 50.9 Å². The Hall–Kier alpha value is -1.50. The molecule has 5 nitrogen and oxygen atoms in total. The number of nitrogens with zero attached hydrogens (tertiary/aromatic N) is 2. The van der Waals surface area contributed by atoms with Crippen LogP contribution in [0.5, 0.6) is 0 Å². The largest absolute Gasteiger partial charge is 0.391 e. The quantitative estimate of drug-likeness (QED) is 0.860. The highest BCUT2D eigenvalue weighted by molar-refractivity contribution is 5.90. The van der Waals surface area contributed by atoms with Crippen LogP contribution in [0.1, 0.15) is 25.7 Å². The van der Waals surface area contributed by atoms with Crippen LogP contribution in [0.15, 0.2) is 24.3 Å². The van der Waals surface area contributed by atoms with Gasteiger partial charge in [0.15, 0.2) is 0 Å². The zero-order valence-electron chi connectivity index (χ0n) is 14.0. The van der Waals surface area contributed by atoms with Crippen molar-refractivity contribution in [3.05, 3.63) is 30.1 Å². The molecule has 24 heavy (non-hydrogen) atoms. The molecule has 6 heteroatoms. The lowest BCUT2D eigenvalue weighted by atomic mass is 10.1. The Morgan fingerprint density at radius 3 is 2.71 bits per heavy atom. The van der Waals surface area contributed by atoms with Crippen molar-refractivity contribution >= 4 is 11.6 Å². The highest BCUT2D eigenvalue weighted by Gasteiger charge is 2.32. The van der Waals surface area contributed by atoms with E-state index >= 15 is 0 Å². The lowest BCUT2D eigenvalue weighted by Crippen LogP contribution is -2.52. The van der Waals surface area contributed by atoms with E-state index in [4.69, 9.17) is 0 Å². The molecule has 0 radical (unpaired) electrons. The molecule has 1 aromatic rings. The van der Waals surface area contributed by atoms with E-state index in [-0.39, 0.29) is 17.8 Å². The molecule has 2 N–H and O–H groups in total. The number of aliphatic hydroxyl groups excluding tert-OH is 1. The summed E-state index contributed by atoms with van der Waals surface area (Å²) in [5.41, 5.74) is 0.500. The second-order valence-corrected chi connectivity index (χ2v) is 6.75. The topological polar surface area (TPSA) is 55.8 Å². The van der Waals surface area contributed by atoms with E-state index in [9.17, 15) is 14.3 Å². The normalized spacial score (nSPS) is 25.8. The highest BCUT2D eigenvalue weighted by Crippen LogP contribution is 2.25. The van der Waals surface area contributed by atoms with Crippen molar-refractivity contribution < 1.29 is 14.3 Å². The van der Waals surface area contributed by atoms with E-state index in [0.717, 1.165) is 45.4 Å². The standard InChI is InChI=1S/C18H26FN3O2/c19-14-3-1-4-15(13-14)20-18(24)7-8-21-9-11-22(12-10-21)16-5-2-6-17(16)23/h1,3-4,13,16-17,23H,2,5-12H2,(H,20,24)/t16-,17+/m1/s1. The Labute approximate surface area is 142 Å². The molecule has 2 aliphatic rings. The van der Waals surface area contributed by atoms with E-state index in [0.29, 0.717) is 24.7 Å². The first-order valence-electron chi connectivity index (χ1n) is 8.82. The van der Waals surface area contributed by atoms with Crippen molar-refractivity contribution in [1.29, 1.82) is 0 Å². The molecular formula is C18H26FN3O2. The first kappa shape index (κ1) is 17.3. The summed E-state index contributed by atoms with van der Waals surface area (Å²) in [6, 6.07) is 6.28. The Morgan fingerprint density at radius 2 is 2.04 bits per heavy atom. The van der Waals surface area contributed by atoms with Gasteiger partial charge >= 0.3 is 0 Å². The number of halogens is 1. The molecule has 1 aliphatic heterocycles. The summed E-state index contributed by atoms with van der Waals surface area (Å²) in [5, 5.41) is 12.7. The van der Waals surface area contributed by atoms with Crippen LogP contribution in [0, 0.1) is 5.82 Å². The van der Waals surface area contributed by atoms with Crippen LogP contribution in [0.3, 0.4) is 0 Å². The number of piperazine rings is 1. The van der Waals surface area contributed by atoms with Gasteiger partial charge in [-0.2, -0.15) is 0 Å². The molecule has 2 atom stereocenters. The fourth-order valence-electron chi connectivity index (χ4n) is 3.71. The zero-order chi connectivity index (χ0) is 16.9. The molecule has 1 saturated heterocycles. The van der Waals surface area contributed by atoms with Gasteiger partial charge in [-0.15, -0.1) is 0 Å². The van der Waals surface area contributed by atoms with Gasteiger partial charge in [-0.1, -0.05) is 6.07 Å². The van der Waals surface area contributed by atoms with Crippen LogP contribution in [0.4, 0.5) is 10.1 Å². The van der Waals surface area contributed by atoms with Crippen LogP contribution in [-0.2, 0) is 4.79 Å². The molecule has 1 aliphatic carbocycles. The van der Waals surface area contributed by atoms with Crippen molar-refractivity contribution in [3.63, 3.8) is 0 Å². The van der Waals surface area contributed by atoms with Gasteiger partial charge in [0.05, 0.1) is 6.10 Å². The molecule has 3 rings (SSSR count). The Bertz CT molecular complexity index is 561. The van der Waals surface area contributed by atoms with Crippen molar-refractivity contribution in [3.8, 4) is 0 Å². The summed E-state index contributed by atoms with van der Waals surface area (Å²) >= 11 is 0. The van der Waals surface area contributed by atoms with Crippen molar-refractivity contribution in [2.75, 3.05) is 38.0 Å². The number of rotatable bonds is 5. The number of carbonyl (C=O) groups excluding carboxylic acids is 1. The van der Waals surface area contributed by atoms with E-state index in [1.165, 1.54) is 12.1 Å². The number of hydrogen-bond donors (Lipinski definition) is 2. The third-order valence-corrected chi connectivity index (χ3v) is 5.08. The van der Waals surface area contributed by atoms with Crippen LogP contribution in [-0.4, -0.2) is 65.7 Å². The van der Waals surface area contributed by atoms with Gasteiger partial charge in [-0.25, -0.2) is 4.39 Å². The average Bonchev–Trinajstić information content (AvgIpc) is 2.99. The molecular weight excluding hydrogens is 309 g/mol. The lowest BCUT2D eigenvalue weighted by Gasteiger charge is -2.39. The molecule has 0 bridgehead atoms. The predicted molar refractivity (Wildman–Crippen MR) is 91.3 cm³/mol. The number of aliphatic hydroxyl groups is 1. The molecule has 1 aromatic carbocycles.